The van der Waals surface area contributed by atoms with Gasteiger partial charge in [-0.05, 0) is 60.2 Å². The molecule has 0 aliphatic carbocycles. The summed E-state index contributed by atoms with van der Waals surface area (Å²) in [7, 11) is 4.92. The Labute approximate surface area is 226 Å². The third kappa shape index (κ3) is 7.10. The molecule has 0 aliphatic heterocycles. The number of carbonyl (C=O) groups is 1. The van der Waals surface area contributed by atoms with Gasteiger partial charge in [0.2, 0.25) is 11.9 Å². The molecular weight excluding hydrogens is 530 g/mol. The van der Waals surface area contributed by atoms with Crippen LogP contribution in [0.1, 0.15) is 21.5 Å². The van der Waals surface area contributed by atoms with Gasteiger partial charge >= 0.3 is 12.2 Å². The molecule has 8 nitrogen and oxygen atoms in total. The van der Waals surface area contributed by atoms with Crippen LogP contribution in [0.25, 0.3) is 6.08 Å². The van der Waals surface area contributed by atoms with Crippen molar-refractivity contribution in [3.8, 4) is 17.5 Å². The highest BCUT2D eigenvalue weighted by atomic mass is 19.4. The molecule has 206 valence electrons. The number of nitrogens with one attached hydrogen (secondary N) is 1. The van der Waals surface area contributed by atoms with Gasteiger partial charge in [-0.15, -0.1) is 0 Å². The van der Waals surface area contributed by atoms with Gasteiger partial charge in [0.05, 0.1) is 12.7 Å². The number of alkyl halides is 3. The summed E-state index contributed by atoms with van der Waals surface area (Å²) in [6.07, 6.45) is -1.72. The number of nitrogens with zero attached hydrogens (tertiary/aromatic N) is 4. The minimum absolute atomic E-state index is 0.0395. The van der Waals surface area contributed by atoms with E-state index in [-0.39, 0.29) is 29.1 Å². The van der Waals surface area contributed by atoms with Crippen LogP contribution >= 0.6 is 0 Å². The van der Waals surface area contributed by atoms with Gasteiger partial charge in [0.1, 0.15) is 5.82 Å². The van der Waals surface area contributed by atoms with Gasteiger partial charge < -0.3 is 19.7 Å². The zero-order valence-electron chi connectivity index (χ0n) is 21.5. The molecule has 0 saturated carbocycles. The third-order valence-corrected chi connectivity index (χ3v) is 5.42. The van der Waals surface area contributed by atoms with E-state index in [0.717, 1.165) is 24.3 Å². The van der Waals surface area contributed by atoms with Crippen LogP contribution in [0, 0.1) is 5.82 Å². The number of hydrogen-bond donors (Lipinski definition) is 1. The van der Waals surface area contributed by atoms with E-state index in [2.05, 4.69) is 20.3 Å². The van der Waals surface area contributed by atoms with Crippen LogP contribution in [0.3, 0.4) is 0 Å². The summed E-state index contributed by atoms with van der Waals surface area (Å²) in [4.78, 5) is 27.0. The Balaban J connectivity index is 1.52. The number of benzene rings is 3. The lowest BCUT2D eigenvalue weighted by Crippen LogP contribution is -2.15. The maximum Gasteiger partial charge on any atom is 0.416 e. The van der Waals surface area contributed by atoms with E-state index < -0.39 is 17.5 Å². The monoisotopic (exact) mass is 553 g/mol. The molecule has 0 radical (unpaired) electrons. The standard InChI is InChI=1S/C28H23F4N5O3/c1-37(2)26-34-25(33-21-12-10-20(29)11-13-21)35-27(36-26)40-23-15-5-17(16-24(23)39-3)4-14-22(38)18-6-8-19(9-7-18)28(30,31)32/h4-16H,1-3H3,(H,33,34,35,36)/b14-4+. The zero-order chi connectivity index (χ0) is 28.9. The molecule has 1 N–H and O–H groups in total. The predicted octanol–water partition coefficient (Wildman–Crippen LogP) is 6.54. The molecule has 0 fully saturated rings. The minimum Gasteiger partial charge on any atom is -0.493 e. The number of rotatable bonds is 9. The maximum atomic E-state index is 13.3. The van der Waals surface area contributed by atoms with Crippen LogP contribution in [0.4, 0.5) is 35.1 Å². The molecule has 0 unspecified atom stereocenters. The molecule has 1 aromatic heterocycles. The molecule has 0 saturated heterocycles. The Morgan fingerprint density at radius 1 is 0.925 bits per heavy atom. The number of carbonyl (C=O) groups excluding carboxylic acids is 1. The second-order valence-corrected chi connectivity index (χ2v) is 8.55. The van der Waals surface area contributed by atoms with Gasteiger partial charge in [-0.1, -0.05) is 24.3 Å². The Hall–Kier alpha value is -5.00. The van der Waals surface area contributed by atoms with E-state index in [9.17, 15) is 22.4 Å². The van der Waals surface area contributed by atoms with Crippen molar-refractivity contribution in [1.29, 1.82) is 0 Å². The lowest BCUT2D eigenvalue weighted by atomic mass is 10.1. The average molecular weight is 554 g/mol. The van der Waals surface area contributed by atoms with Crippen LogP contribution in [-0.4, -0.2) is 41.9 Å². The third-order valence-electron chi connectivity index (χ3n) is 5.42. The largest absolute Gasteiger partial charge is 0.493 e. The molecule has 3 aromatic carbocycles. The maximum absolute atomic E-state index is 13.3. The van der Waals surface area contributed by atoms with E-state index in [1.807, 2.05) is 0 Å². The molecule has 1 heterocycles. The van der Waals surface area contributed by atoms with E-state index in [0.29, 0.717) is 22.9 Å². The van der Waals surface area contributed by atoms with Gasteiger partial charge in [0.25, 0.3) is 0 Å². The van der Waals surface area contributed by atoms with Crippen LogP contribution in [-0.2, 0) is 6.18 Å². The fraction of sp³-hybridized carbons (Fsp3) is 0.143. The fourth-order valence-electron chi connectivity index (χ4n) is 3.37. The second-order valence-electron chi connectivity index (χ2n) is 8.55. The Morgan fingerprint density at radius 2 is 1.62 bits per heavy atom. The molecule has 4 aromatic rings. The van der Waals surface area contributed by atoms with Crippen molar-refractivity contribution in [1.82, 2.24) is 15.0 Å². The van der Waals surface area contributed by atoms with Crippen molar-refractivity contribution in [2.45, 2.75) is 6.18 Å². The van der Waals surface area contributed by atoms with E-state index in [1.165, 1.54) is 43.5 Å². The lowest BCUT2D eigenvalue weighted by molar-refractivity contribution is -0.137. The van der Waals surface area contributed by atoms with Crippen LogP contribution in [0.5, 0.6) is 17.5 Å². The smallest absolute Gasteiger partial charge is 0.416 e. The van der Waals surface area contributed by atoms with Crippen molar-refractivity contribution in [2.24, 2.45) is 0 Å². The molecule has 12 heteroatoms. The highest BCUT2D eigenvalue weighted by molar-refractivity contribution is 6.06. The first-order valence-corrected chi connectivity index (χ1v) is 11.7. The summed E-state index contributed by atoms with van der Waals surface area (Å²) in [6, 6.07) is 14.5. The van der Waals surface area contributed by atoms with Gasteiger partial charge in [-0.2, -0.15) is 28.1 Å². The molecule has 0 atom stereocenters. The first-order chi connectivity index (χ1) is 19.0. The quantitative estimate of drug-likeness (QED) is 0.142. The normalized spacial score (nSPS) is 11.4. The zero-order valence-corrected chi connectivity index (χ0v) is 21.5. The number of allylic oxidation sites excluding steroid dienone is 1. The topological polar surface area (TPSA) is 89.5 Å². The van der Waals surface area contributed by atoms with Crippen molar-refractivity contribution >= 4 is 29.4 Å². The predicted molar refractivity (Wildman–Crippen MR) is 142 cm³/mol. The van der Waals surface area contributed by atoms with Gasteiger partial charge in [-0.3, -0.25) is 4.79 Å². The van der Waals surface area contributed by atoms with Crippen molar-refractivity contribution < 1.29 is 31.8 Å². The summed E-state index contributed by atoms with van der Waals surface area (Å²) in [5.74, 6) is 0.209. The summed E-state index contributed by atoms with van der Waals surface area (Å²) in [5.41, 5.74) is 0.422. The minimum atomic E-state index is -4.48. The highest BCUT2D eigenvalue weighted by Gasteiger charge is 2.30. The van der Waals surface area contributed by atoms with Crippen LogP contribution in [0.2, 0.25) is 0 Å². The molecule has 0 bridgehead atoms. The SMILES string of the molecule is COc1cc(/C=C/C(=O)c2ccc(C(F)(F)F)cc2)ccc1Oc1nc(Nc2ccc(F)cc2)nc(N(C)C)n1. The summed E-state index contributed by atoms with van der Waals surface area (Å²) in [5, 5.41) is 2.98. The van der Waals surface area contributed by atoms with Crippen LogP contribution in [0.15, 0.2) is 72.8 Å². The molecule has 0 spiro atoms. The Bertz CT molecular complexity index is 1520. The number of aromatic nitrogens is 3. The number of anilines is 3. The number of hydrogen-bond acceptors (Lipinski definition) is 8. The number of ether oxygens (including phenoxy) is 2. The highest BCUT2D eigenvalue weighted by Crippen LogP contribution is 2.33. The number of halogens is 4. The van der Waals surface area contributed by atoms with Gasteiger partial charge in [-0.25, -0.2) is 4.39 Å². The first kappa shape index (κ1) is 28.0. The molecule has 0 amide bonds. The summed E-state index contributed by atoms with van der Waals surface area (Å²) >= 11 is 0. The molecule has 40 heavy (non-hydrogen) atoms. The van der Waals surface area contributed by atoms with Crippen LogP contribution < -0.4 is 19.7 Å². The lowest BCUT2D eigenvalue weighted by Gasteiger charge is -2.15. The molecular formula is C28H23F4N5O3. The van der Waals surface area contributed by atoms with Gasteiger partial charge in [0.15, 0.2) is 17.3 Å². The van der Waals surface area contributed by atoms with E-state index in [4.69, 9.17) is 9.47 Å². The molecule has 0 aliphatic rings. The number of ketones is 1. The van der Waals surface area contributed by atoms with Crippen molar-refractivity contribution in [3.63, 3.8) is 0 Å². The molecule has 4 rings (SSSR count). The second kappa shape index (κ2) is 11.8. The average Bonchev–Trinajstić information content (AvgIpc) is 2.93. The van der Waals surface area contributed by atoms with E-state index in [1.54, 1.807) is 37.2 Å². The van der Waals surface area contributed by atoms with Crippen molar-refractivity contribution in [2.75, 3.05) is 31.4 Å². The van der Waals surface area contributed by atoms with E-state index >= 15 is 0 Å². The summed E-state index contributed by atoms with van der Waals surface area (Å²) in [6.45, 7) is 0. The number of methoxy groups -OCH3 is 1. The summed E-state index contributed by atoms with van der Waals surface area (Å²) < 4.78 is 62.8. The fourth-order valence-corrected chi connectivity index (χ4v) is 3.37. The Morgan fingerprint density at radius 3 is 2.25 bits per heavy atom. The van der Waals surface area contributed by atoms with Crippen molar-refractivity contribution in [3.05, 3.63) is 95.3 Å². The van der Waals surface area contributed by atoms with Gasteiger partial charge in [0, 0.05) is 25.3 Å². The first-order valence-electron chi connectivity index (χ1n) is 11.7. The Kier molecular flexibility index (Phi) is 8.27.